The summed E-state index contributed by atoms with van der Waals surface area (Å²) < 4.78 is 16.6. The van der Waals surface area contributed by atoms with Crippen molar-refractivity contribution in [3.05, 3.63) is 57.5 Å². The number of benzene rings is 2. The normalized spacial score (nSPS) is 11.0. The predicted molar refractivity (Wildman–Crippen MR) is 76.1 cm³/mol. The van der Waals surface area contributed by atoms with Crippen LogP contribution in [0.1, 0.15) is 0 Å². The van der Waals surface area contributed by atoms with Crippen LogP contribution in [0.2, 0.25) is 0 Å². The molecule has 0 aliphatic carbocycles. The summed E-state index contributed by atoms with van der Waals surface area (Å²) in [6.45, 7) is 0. The van der Waals surface area contributed by atoms with Gasteiger partial charge in [0, 0.05) is 10.5 Å². The van der Waals surface area contributed by atoms with Gasteiger partial charge in [0.1, 0.15) is 5.82 Å². The van der Waals surface area contributed by atoms with E-state index in [9.17, 15) is 4.39 Å². The fourth-order valence-electron chi connectivity index (χ4n) is 1.95. The number of nitrogens with one attached hydrogen (secondary N) is 1. The average molecular weight is 323 g/mol. The minimum absolute atomic E-state index is 0.280. The van der Waals surface area contributed by atoms with Crippen LogP contribution >= 0.6 is 28.1 Å². The maximum Gasteiger partial charge on any atom is 0.182 e. The van der Waals surface area contributed by atoms with Gasteiger partial charge >= 0.3 is 0 Å². The van der Waals surface area contributed by atoms with Crippen LogP contribution in [0.15, 0.2) is 46.9 Å². The number of hydrogen-bond acceptors (Lipinski definition) is 1. The highest BCUT2D eigenvalue weighted by molar-refractivity contribution is 9.10. The first-order valence-electron chi connectivity index (χ1n) is 5.32. The zero-order valence-corrected chi connectivity index (χ0v) is 11.6. The summed E-state index contributed by atoms with van der Waals surface area (Å²) in [7, 11) is 0. The number of imidazole rings is 1. The van der Waals surface area contributed by atoms with Crippen LogP contribution in [-0.2, 0) is 0 Å². The molecule has 0 unspecified atom stereocenters. The molecule has 0 fully saturated rings. The molecule has 0 saturated carbocycles. The summed E-state index contributed by atoms with van der Waals surface area (Å²) >= 11 is 8.78. The molecule has 5 heteroatoms. The molecule has 3 aromatic rings. The van der Waals surface area contributed by atoms with Crippen molar-refractivity contribution in [1.29, 1.82) is 0 Å². The number of aromatic nitrogens is 2. The maximum atomic E-state index is 13.4. The lowest BCUT2D eigenvalue weighted by Gasteiger charge is -2.06. The van der Waals surface area contributed by atoms with Gasteiger partial charge in [0.05, 0.1) is 16.7 Å². The Labute approximate surface area is 116 Å². The number of rotatable bonds is 1. The van der Waals surface area contributed by atoms with Crippen molar-refractivity contribution in [2.45, 2.75) is 0 Å². The van der Waals surface area contributed by atoms with Crippen LogP contribution in [-0.4, -0.2) is 9.55 Å². The summed E-state index contributed by atoms with van der Waals surface area (Å²) in [6, 6.07) is 12.3. The Kier molecular flexibility index (Phi) is 2.80. The van der Waals surface area contributed by atoms with Crippen LogP contribution in [0.5, 0.6) is 0 Å². The molecule has 0 amide bonds. The van der Waals surface area contributed by atoms with E-state index < -0.39 is 0 Å². The van der Waals surface area contributed by atoms with Gasteiger partial charge in [-0.25, -0.2) is 4.39 Å². The zero-order chi connectivity index (χ0) is 12.7. The molecule has 0 aliphatic heterocycles. The highest BCUT2D eigenvalue weighted by Crippen LogP contribution is 2.25. The quantitative estimate of drug-likeness (QED) is 0.650. The summed E-state index contributed by atoms with van der Waals surface area (Å²) in [4.78, 5) is 3.07. The molecule has 1 aromatic heterocycles. The van der Waals surface area contributed by atoms with E-state index in [0.717, 1.165) is 21.2 Å². The van der Waals surface area contributed by atoms with Gasteiger partial charge in [0.15, 0.2) is 4.77 Å². The van der Waals surface area contributed by atoms with Crippen molar-refractivity contribution in [3.8, 4) is 5.69 Å². The highest BCUT2D eigenvalue weighted by Gasteiger charge is 2.09. The zero-order valence-electron chi connectivity index (χ0n) is 9.15. The predicted octanol–water partition coefficient (Wildman–Crippen LogP) is 4.59. The second-order valence-electron chi connectivity index (χ2n) is 3.88. The Balaban J connectivity index is 2.42. The molecule has 0 radical (unpaired) electrons. The molecule has 1 heterocycles. The standard InChI is InChI=1S/C13H8BrFN2S/c14-9-3-1-2-4-11(9)17-12-7-8(15)5-6-10(12)16-13(17)18/h1-7H,(H,16,18). The lowest BCUT2D eigenvalue weighted by atomic mass is 10.3. The van der Waals surface area contributed by atoms with E-state index >= 15 is 0 Å². The van der Waals surface area contributed by atoms with Gasteiger partial charge in [-0.05, 0) is 52.4 Å². The third kappa shape index (κ3) is 1.79. The van der Waals surface area contributed by atoms with Crippen LogP contribution < -0.4 is 0 Å². The van der Waals surface area contributed by atoms with E-state index in [1.165, 1.54) is 12.1 Å². The molecule has 3 rings (SSSR count). The first-order valence-corrected chi connectivity index (χ1v) is 6.52. The number of nitrogens with zero attached hydrogens (tertiary/aromatic N) is 1. The molecule has 18 heavy (non-hydrogen) atoms. The molecular formula is C13H8BrFN2S. The van der Waals surface area contributed by atoms with Crippen LogP contribution in [0.3, 0.4) is 0 Å². The van der Waals surface area contributed by atoms with Gasteiger partial charge in [-0.1, -0.05) is 12.1 Å². The summed E-state index contributed by atoms with van der Waals surface area (Å²) in [5.41, 5.74) is 2.43. The fourth-order valence-corrected chi connectivity index (χ4v) is 2.72. The van der Waals surface area contributed by atoms with Crippen molar-refractivity contribution in [3.63, 3.8) is 0 Å². The maximum absolute atomic E-state index is 13.4. The van der Waals surface area contributed by atoms with Gasteiger partial charge < -0.3 is 4.98 Å². The van der Waals surface area contributed by atoms with Crippen LogP contribution in [0, 0.1) is 10.6 Å². The van der Waals surface area contributed by atoms with Gasteiger partial charge in [-0.2, -0.15) is 0 Å². The Morgan fingerprint density at radius 1 is 1.17 bits per heavy atom. The first-order chi connectivity index (χ1) is 8.66. The minimum Gasteiger partial charge on any atom is -0.330 e. The largest absolute Gasteiger partial charge is 0.330 e. The minimum atomic E-state index is -0.280. The molecular weight excluding hydrogens is 315 g/mol. The lowest BCUT2D eigenvalue weighted by molar-refractivity contribution is 0.629. The number of para-hydroxylation sites is 1. The second kappa shape index (κ2) is 4.33. The van der Waals surface area contributed by atoms with Gasteiger partial charge in [0.2, 0.25) is 0 Å². The SMILES string of the molecule is Fc1ccc2[nH]c(=S)n(-c3ccccc3Br)c2c1. The van der Waals surface area contributed by atoms with Gasteiger partial charge in [-0.3, -0.25) is 4.57 Å². The highest BCUT2D eigenvalue weighted by atomic mass is 79.9. The number of hydrogen-bond donors (Lipinski definition) is 1. The lowest BCUT2D eigenvalue weighted by Crippen LogP contribution is -1.95. The second-order valence-corrected chi connectivity index (χ2v) is 5.12. The van der Waals surface area contributed by atoms with Crippen molar-refractivity contribution in [2.24, 2.45) is 0 Å². The monoisotopic (exact) mass is 322 g/mol. The number of fused-ring (bicyclic) bond motifs is 1. The van der Waals surface area contributed by atoms with Crippen molar-refractivity contribution in [2.75, 3.05) is 0 Å². The summed E-state index contributed by atoms with van der Waals surface area (Å²) in [5.74, 6) is -0.280. The molecule has 1 N–H and O–H groups in total. The van der Waals surface area contributed by atoms with E-state index in [2.05, 4.69) is 20.9 Å². The molecule has 90 valence electrons. The first kappa shape index (κ1) is 11.6. The van der Waals surface area contributed by atoms with E-state index in [1.54, 1.807) is 6.07 Å². The van der Waals surface area contributed by atoms with E-state index in [-0.39, 0.29) is 5.82 Å². The van der Waals surface area contributed by atoms with Crippen molar-refractivity contribution < 1.29 is 4.39 Å². The molecule has 0 spiro atoms. The average Bonchev–Trinajstić information content (AvgIpc) is 2.66. The molecule has 0 saturated heterocycles. The van der Waals surface area contributed by atoms with Crippen molar-refractivity contribution in [1.82, 2.24) is 9.55 Å². The van der Waals surface area contributed by atoms with Crippen molar-refractivity contribution >= 4 is 39.2 Å². The topological polar surface area (TPSA) is 20.7 Å². The Morgan fingerprint density at radius 3 is 2.72 bits per heavy atom. The van der Waals surface area contributed by atoms with Gasteiger partial charge in [-0.15, -0.1) is 0 Å². The third-order valence-electron chi connectivity index (χ3n) is 2.74. The molecule has 2 aromatic carbocycles. The van der Waals surface area contributed by atoms with Crippen LogP contribution in [0.4, 0.5) is 4.39 Å². The van der Waals surface area contributed by atoms with Gasteiger partial charge in [0.25, 0.3) is 0 Å². The number of aromatic amines is 1. The molecule has 0 bridgehead atoms. The summed E-state index contributed by atoms with van der Waals surface area (Å²) in [6.07, 6.45) is 0. The molecule has 0 atom stereocenters. The molecule has 0 aliphatic rings. The molecule has 2 nitrogen and oxygen atoms in total. The van der Waals surface area contributed by atoms with E-state index in [0.29, 0.717) is 4.77 Å². The number of H-pyrrole nitrogens is 1. The van der Waals surface area contributed by atoms with E-state index in [1.807, 2.05) is 28.8 Å². The smallest absolute Gasteiger partial charge is 0.182 e. The summed E-state index contributed by atoms with van der Waals surface area (Å²) in [5, 5.41) is 0. The van der Waals surface area contributed by atoms with E-state index in [4.69, 9.17) is 12.2 Å². The fraction of sp³-hybridized carbons (Fsp3) is 0. The number of halogens is 2. The Bertz CT molecular complexity index is 791. The van der Waals surface area contributed by atoms with Crippen LogP contribution in [0.25, 0.3) is 16.7 Å². The Morgan fingerprint density at radius 2 is 1.94 bits per heavy atom. The Hall–Kier alpha value is -1.46. The third-order valence-corrected chi connectivity index (χ3v) is 3.69.